The Morgan fingerprint density at radius 1 is 0.559 bits per heavy atom. The predicted octanol–water partition coefficient (Wildman–Crippen LogP) is 14.6. The molecule has 6 aromatic carbocycles. The van der Waals surface area contributed by atoms with Gasteiger partial charge >= 0.3 is 0 Å². The van der Waals surface area contributed by atoms with Crippen molar-refractivity contribution in [2.45, 2.75) is 44.4 Å². The number of benzene rings is 6. The van der Waals surface area contributed by atoms with Crippen molar-refractivity contribution in [1.29, 1.82) is 0 Å². The van der Waals surface area contributed by atoms with Crippen LogP contribution in [0.3, 0.4) is 0 Å². The van der Waals surface area contributed by atoms with Crippen LogP contribution in [-0.2, 0) is 11.8 Å². The number of rotatable bonds is 9. The maximum Gasteiger partial charge on any atom is 0.160 e. The molecule has 0 aliphatic heterocycles. The Hall–Kier alpha value is -6.90. The molecule has 2 nitrogen and oxygen atoms in total. The van der Waals surface area contributed by atoms with Crippen LogP contribution in [0.4, 0.5) is 0 Å². The molecule has 1 aromatic heterocycles. The molecule has 0 bridgehead atoms. The summed E-state index contributed by atoms with van der Waals surface area (Å²) in [7, 11) is 0. The Kier molecular flexibility index (Phi) is 9.76. The van der Waals surface area contributed by atoms with E-state index < -0.39 is 0 Å². The van der Waals surface area contributed by atoms with Gasteiger partial charge in [-0.1, -0.05) is 176 Å². The molecule has 59 heavy (non-hydrogen) atoms. The zero-order valence-electron chi connectivity index (χ0n) is 33.5. The summed E-state index contributed by atoms with van der Waals surface area (Å²) >= 11 is 0. The molecular formula is C57H46N2. The first-order valence-electron chi connectivity index (χ1n) is 21.0. The number of nitrogens with zero attached hydrogens (tertiary/aromatic N) is 2. The third kappa shape index (κ3) is 6.75. The lowest BCUT2D eigenvalue weighted by molar-refractivity contribution is 0.752. The third-order valence-corrected chi connectivity index (χ3v) is 12.2. The van der Waals surface area contributed by atoms with Crippen LogP contribution in [0.25, 0.3) is 61.6 Å². The summed E-state index contributed by atoms with van der Waals surface area (Å²) in [4.78, 5) is 10.2. The Labute approximate surface area is 348 Å². The zero-order valence-corrected chi connectivity index (χ0v) is 33.5. The summed E-state index contributed by atoms with van der Waals surface area (Å²) in [6, 6.07) is 55.9. The molecule has 1 heterocycles. The standard InChI is InChI=1S/C57H46N2/c1-2-3-27-50-39-55(47-22-16-20-44(37-47)40-17-7-4-8-18-40)59-56(58-50)42-32-30-41(31-33-42)43-19-15-21-45(36-43)46-34-35-52-51-28-13-14-29-53(51)57(54(52)38-46,48-23-9-5-10-24-48)49-25-11-6-12-26-49/h2-5,7,9-11,13-17,19-26,28-39H,6,8,12,18,27H2,1H3/b3-2-. The molecule has 2 heteroatoms. The van der Waals surface area contributed by atoms with Crippen molar-refractivity contribution in [2.24, 2.45) is 0 Å². The number of hydrogen-bond acceptors (Lipinski definition) is 2. The van der Waals surface area contributed by atoms with Crippen molar-refractivity contribution in [3.8, 4) is 56.0 Å². The van der Waals surface area contributed by atoms with Gasteiger partial charge in [0.2, 0.25) is 0 Å². The van der Waals surface area contributed by atoms with E-state index in [0.29, 0.717) is 0 Å². The highest BCUT2D eigenvalue weighted by molar-refractivity contribution is 5.89. The number of allylic oxidation sites excluding steroid dienone is 10. The Balaban J connectivity index is 1.00. The lowest BCUT2D eigenvalue weighted by atomic mass is 9.66. The lowest BCUT2D eigenvalue weighted by Crippen LogP contribution is -2.29. The first-order chi connectivity index (χ1) is 29.2. The molecule has 0 saturated heterocycles. The molecule has 7 aromatic rings. The van der Waals surface area contributed by atoms with Crippen LogP contribution < -0.4 is 0 Å². The van der Waals surface area contributed by atoms with E-state index in [9.17, 15) is 0 Å². The van der Waals surface area contributed by atoms with Gasteiger partial charge in [0.15, 0.2) is 5.82 Å². The van der Waals surface area contributed by atoms with Crippen LogP contribution in [0.5, 0.6) is 0 Å². The molecule has 0 saturated carbocycles. The largest absolute Gasteiger partial charge is 0.233 e. The zero-order chi connectivity index (χ0) is 39.6. The van der Waals surface area contributed by atoms with Crippen molar-refractivity contribution in [1.82, 2.24) is 9.97 Å². The minimum Gasteiger partial charge on any atom is -0.233 e. The fourth-order valence-electron chi connectivity index (χ4n) is 9.36. The number of fused-ring (bicyclic) bond motifs is 3. The second kappa shape index (κ2) is 15.8. The molecule has 0 radical (unpaired) electrons. The smallest absolute Gasteiger partial charge is 0.160 e. The summed E-state index contributed by atoms with van der Waals surface area (Å²) in [5, 5.41) is 0. The van der Waals surface area contributed by atoms with Crippen molar-refractivity contribution >= 4 is 5.57 Å². The van der Waals surface area contributed by atoms with E-state index in [1.807, 2.05) is 0 Å². The maximum atomic E-state index is 5.16. The topological polar surface area (TPSA) is 25.8 Å². The molecule has 284 valence electrons. The van der Waals surface area contributed by atoms with Crippen molar-refractivity contribution in [3.63, 3.8) is 0 Å². The molecule has 1 atom stereocenters. The molecule has 0 fully saturated rings. The van der Waals surface area contributed by atoms with Crippen LogP contribution in [0.1, 0.15) is 60.6 Å². The molecule has 3 aliphatic carbocycles. The first kappa shape index (κ1) is 36.4. The van der Waals surface area contributed by atoms with E-state index >= 15 is 0 Å². The van der Waals surface area contributed by atoms with Crippen molar-refractivity contribution in [2.75, 3.05) is 0 Å². The first-order valence-corrected chi connectivity index (χ1v) is 21.0. The van der Waals surface area contributed by atoms with Crippen LogP contribution in [0.15, 0.2) is 206 Å². The summed E-state index contributed by atoms with van der Waals surface area (Å²) in [5.41, 5.74) is 19.1. The Morgan fingerprint density at radius 3 is 2.07 bits per heavy atom. The van der Waals surface area contributed by atoms with Gasteiger partial charge in [-0.15, -0.1) is 0 Å². The predicted molar refractivity (Wildman–Crippen MR) is 247 cm³/mol. The fraction of sp³-hybridized carbons (Fsp3) is 0.123. The molecular weight excluding hydrogens is 713 g/mol. The van der Waals surface area contributed by atoms with E-state index in [1.165, 1.54) is 61.2 Å². The van der Waals surface area contributed by atoms with E-state index in [-0.39, 0.29) is 5.41 Å². The molecule has 0 amide bonds. The van der Waals surface area contributed by atoms with Gasteiger partial charge in [0.05, 0.1) is 11.1 Å². The summed E-state index contributed by atoms with van der Waals surface area (Å²) in [6.07, 6.45) is 23.1. The van der Waals surface area contributed by atoms with Gasteiger partial charge in [-0.3, -0.25) is 0 Å². The average Bonchev–Trinajstić information content (AvgIpc) is 3.62. The number of hydrogen-bond donors (Lipinski definition) is 0. The highest BCUT2D eigenvalue weighted by atomic mass is 14.9. The highest BCUT2D eigenvalue weighted by Gasteiger charge is 2.46. The van der Waals surface area contributed by atoms with Gasteiger partial charge in [0.1, 0.15) is 0 Å². The van der Waals surface area contributed by atoms with Crippen LogP contribution in [0.2, 0.25) is 0 Å². The Morgan fingerprint density at radius 2 is 1.27 bits per heavy atom. The highest BCUT2D eigenvalue weighted by Crippen LogP contribution is 2.57. The quantitative estimate of drug-likeness (QED) is 0.137. The average molecular weight is 759 g/mol. The van der Waals surface area contributed by atoms with Gasteiger partial charge in [0.25, 0.3) is 0 Å². The fourth-order valence-corrected chi connectivity index (χ4v) is 9.36. The molecule has 1 unspecified atom stereocenters. The van der Waals surface area contributed by atoms with E-state index in [4.69, 9.17) is 9.97 Å². The summed E-state index contributed by atoms with van der Waals surface area (Å²) < 4.78 is 0. The van der Waals surface area contributed by atoms with Gasteiger partial charge in [-0.2, -0.15) is 0 Å². The van der Waals surface area contributed by atoms with Gasteiger partial charge in [-0.05, 0) is 124 Å². The van der Waals surface area contributed by atoms with Gasteiger partial charge < -0.3 is 0 Å². The normalized spacial score (nSPS) is 16.8. The monoisotopic (exact) mass is 758 g/mol. The second-order valence-electron chi connectivity index (χ2n) is 15.8. The van der Waals surface area contributed by atoms with Gasteiger partial charge in [0, 0.05) is 23.2 Å². The molecule has 3 aliphatic rings. The van der Waals surface area contributed by atoms with E-state index in [1.54, 1.807) is 0 Å². The molecule has 0 spiro atoms. The minimum absolute atomic E-state index is 0.382. The van der Waals surface area contributed by atoms with E-state index in [0.717, 1.165) is 66.0 Å². The van der Waals surface area contributed by atoms with Gasteiger partial charge in [-0.25, -0.2) is 9.97 Å². The van der Waals surface area contributed by atoms with Crippen molar-refractivity contribution < 1.29 is 0 Å². The summed E-state index contributed by atoms with van der Waals surface area (Å²) in [6.45, 7) is 2.06. The molecule has 0 N–H and O–H groups in total. The maximum absolute atomic E-state index is 5.16. The van der Waals surface area contributed by atoms with E-state index in [2.05, 4.69) is 207 Å². The van der Waals surface area contributed by atoms with Crippen LogP contribution >= 0.6 is 0 Å². The lowest BCUT2D eigenvalue weighted by Gasteiger charge is -2.35. The second-order valence-corrected chi connectivity index (χ2v) is 15.8. The third-order valence-electron chi connectivity index (χ3n) is 12.2. The van der Waals surface area contributed by atoms with Crippen LogP contribution in [0, 0.1) is 0 Å². The SMILES string of the molecule is C/C=C\Cc1cc(-c2cccc(C3=CC=CCC3)c2)nc(-c2ccc(-c3cccc(-c4ccc5c(c4)C(C4=CCCC=C4)(c4ccccc4)c4ccccc4-5)c3)cc2)n1. The van der Waals surface area contributed by atoms with Crippen molar-refractivity contribution in [3.05, 3.63) is 234 Å². The Bertz CT molecular complexity index is 2850. The number of aromatic nitrogens is 2. The van der Waals surface area contributed by atoms with Crippen LogP contribution in [-0.4, -0.2) is 9.97 Å². The minimum atomic E-state index is -0.382. The molecule has 10 rings (SSSR count). The summed E-state index contributed by atoms with van der Waals surface area (Å²) in [5.74, 6) is 0.747.